The molecule has 0 unspecified atom stereocenters. The third kappa shape index (κ3) is 3.24. The van der Waals surface area contributed by atoms with Crippen molar-refractivity contribution in [2.24, 2.45) is 5.41 Å². The van der Waals surface area contributed by atoms with Crippen LogP contribution in [0.2, 0.25) is 0 Å². The summed E-state index contributed by atoms with van der Waals surface area (Å²) in [6.45, 7) is 2.30. The summed E-state index contributed by atoms with van der Waals surface area (Å²) in [5.41, 5.74) is 0.829. The van der Waals surface area contributed by atoms with E-state index in [0.29, 0.717) is 12.2 Å². The molecule has 0 amide bonds. The van der Waals surface area contributed by atoms with Crippen LogP contribution in [0.1, 0.15) is 18.4 Å². The van der Waals surface area contributed by atoms with Gasteiger partial charge in [-0.25, -0.2) is 0 Å². The Morgan fingerprint density at radius 2 is 1.94 bits per heavy atom. The fraction of sp³-hybridized carbons (Fsp3) is 0.500. The van der Waals surface area contributed by atoms with Crippen molar-refractivity contribution in [1.82, 2.24) is 0 Å². The summed E-state index contributed by atoms with van der Waals surface area (Å²) in [5.74, 6) is 0.820. The molecular weight excluding hydrogens is 294 g/mol. The second-order valence-electron chi connectivity index (χ2n) is 4.67. The van der Waals surface area contributed by atoms with Crippen LogP contribution in [0.4, 0.5) is 0 Å². The third-order valence-electron chi connectivity index (χ3n) is 3.37. The topological polar surface area (TPSA) is 42.2 Å². The first kappa shape index (κ1) is 13.4. The van der Waals surface area contributed by atoms with Gasteiger partial charge in [-0.15, -0.1) is 0 Å². The summed E-state index contributed by atoms with van der Waals surface area (Å²) in [6, 6.07) is 9.35. The van der Waals surface area contributed by atoms with Gasteiger partial charge in [0, 0.05) is 24.0 Å². The van der Waals surface area contributed by atoms with E-state index in [1.54, 1.807) is 12.1 Å². The molecule has 1 aliphatic heterocycles. The first-order valence-electron chi connectivity index (χ1n) is 6.05. The molecule has 0 spiro atoms. The summed E-state index contributed by atoms with van der Waals surface area (Å²) < 4.78 is 11.2. The van der Waals surface area contributed by atoms with Gasteiger partial charge in [-0.3, -0.25) is 0 Å². The molecule has 1 fully saturated rings. The van der Waals surface area contributed by atoms with Crippen LogP contribution in [0.5, 0.6) is 5.75 Å². The number of nitrogens with zero attached hydrogens (tertiary/aromatic N) is 1. The number of nitriles is 1. The van der Waals surface area contributed by atoms with E-state index in [-0.39, 0.29) is 5.41 Å². The number of ether oxygens (including phenoxy) is 2. The van der Waals surface area contributed by atoms with Crippen LogP contribution in [0.3, 0.4) is 0 Å². The second kappa shape index (κ2) is 6.21. The Balaban J connectivity index is 1.94. The molecule has 2 rings (SSSR count). The van der Waals surface area contributed by atoms with Crippen LogP contribution in [-0.2, 0) is 4.74 Å². The van der Waals surface area contributed by atoms with Gasteiger partial charge < -0.3 is 9.47 Å². The largest absolute Gasteiger partial charge is 0.493 e. The highest BCUT2D eigenvalue weighted by Crippen LogP contribution is 2.33. The second-order valence-corrected chi connectivity index (χ2v) is 5.23. The maximum absolute atomic E-state index is 8.73. The van der Waals surface area contributed by atoms with Crippen LogP contribution in [0.15, 0.2) is 24.3 Å². The Bertz CT molecular complexity index is 418. The average molecular weight is 310 g/mol. The van der Waals surface area contributed by atoms with Crippen molar-refractivity contribution < 1.29 is 9.47 Å². The highest BCUT2D eigenvalue weighted by Gasteiger charge is 2.32. The molecule has 0 atom stereocenters. The summed E-state index contributed by atoms with van der Waals surface area (Å²) in [6.07, 6.45) is 2.04. The minimum atomic E-state index is 0.173. The molecule has 1 heterocycles. The Morgan fingerprint density at radius 3 is 2.50 bits per heavy atom. The van der Waals surface area contributed by atoms with E-state index in [4.69, 9.17) is 14.7 Å². The molecule has 1 aliphatic rings. The fourth-order valence-corrected chi connectivity index (χ4v) is 2.71. The summed E-state index contributed by atoms with van der Waals surface area (Å²) in [4.78, 5) is 0. The molecule has 0 N–H and O–H groups in total. The molecule has 1 aromatic rings. The van der Waals surface area contributed by atoms with Crippen molar-refractivity contribution in [1.29, 1.82) is 5.26 Å². The highest BCUT2D eigenvalue weighted by atomic mass is 79.9. The molecule has 18 heavy (non-hydrogen) atoms. The first-order chi connectivity index (χ1) is 8.78. The maximum Gasteiger partial charge on any atom is 0.119 e. The van der Waals surface area contributed by atoms with Gasteiger partial charge in [-0.1, -0.05) is 15.9 Å². The first-order valence-corrected chi connectivity index (χ1v) is 7.17. The van der Waals surface area contributed by atoms with E-state index >= 15 is 0 Å². The lowest BCUT2D eigenvalue weighted by atomic mass is 9.83. The normalized spacial score (nSPS) is 18.0. The SMILES string of the molecule is N#Cc1ccc(OCC2(CBr)CCOCC2)cc1. The molecule has 0 saturated carbocycles. The van der Waals surface area contributed by atoms with Crippen LogP contribution in [0.25, 0.3) is 0 Å². The predicted molar refractivity (Wildman–Crippen MR) is 72.9 cm³/mol. The Morgan fingerprint density at radius 1 is 1.28 bits per heavy atom. The molecule has 4 heteroatoms. The Labute approximate surface area is 116 Å². The maximum atomic E-state index is 8.73. The van der Waals surface area contributed by atoms with Gasteiger partial charge in [-0.05, 0) is 37.1 Å². The van der Waals surface area contributed by atoms with Crippen LogP contribution >= 0.6 is 15.9 Å². The highest BCUT2D eigenvalue weighted by molar-refractivity contribution is 9.09. The van der Waals surface area contributed by atoms with Crippen molar-refractivity contribution in [3.63, 3.8) is 0 Å². The zero-order chi connectivity index (χ0) is 12.8. The monoisotopic (exact) mass is 309 g/mol. The van der Waals surface area contributed by atoms with E-state index in [2.05, 4.69) is 22.0 Å². The molecule has 96 valence electrons. The van der Waals surface area contributed by atoms with Crippen molar-refractivity contribution in [2.45, 2.75) is 12.8 Å². The van der Waals surface area contributed by atoms with Crippen molar-refractivity contribution >= 4 is 15.9 Å². The van der Waals surface area contributed by atoms with Gasteiger partial charge in [0.05, 0.1) is 18.2 Å². The molecule has 0 radical (unpaired) electrons. The number of alkyl halides is 1. The molecule has 0 aromatic heterocycles. The van der Waals surface area contributed by atoms with Crippen molar-refractivity contribution in [2.75, 3.05) is 25.2 Å². The lowest BCUT2D eigenvalue weighted by Gasteiger charge is -2.35. The van der Waals surface area contributed by atoms with Gasteiger partial charge in [-0.2, -0.15) is 5.26 Å². The number of benzene rings is 1. The van der Waals surface area contributed by atoms with E-state index in [0.717, 1.165) is 37.1 Å². The minimum absolute atomic E-state index is 0.173. The summed E-state index contributed by atoms with van der Waals surface area (Å²) in [5, 5.41) is 9.66. The summed E-state index contributed by atoms with van der Waals surface area (Å²) in [7, 11) is 0. The standard InChI is InChI=1S/C14H16BrNO2/c15-10-14(5-7-17-8-6-14)11-18-13-3-1-12(9-16)2-4-13/h1-4H,5-8,10-11H2. The van der Waals surface area contributed by atoms with E-state index in [9.17, 15) is 0 Å². The smallest absolute Gasteiger partial charge is 0.119 e. The lowest BCUT2D eigenvalue weighted by Crippen LogP contribution is -2.36. The fourth-order valence-electron chi connectivity index (χ4n) is 1.98. The van der Waals surface area contributed by atoms with Gasteiger partial charge in [0.2, 0.25) is 0 Å². The Kier molecular flexibility index (Phi) is 4.62. The zero-order valence-electron chi connectivity index (χ0n) is 10.2. The Hall–Kier alpha value is -1.05. The number of hydrogen-bond acceptors (Lipinski definition) is 3. The lowest BCUT2D eigenvalue weighted by molar-refractivity contribution is 0.00355. The number of hydrogen-bond donors (Lipinski definition) is 0. The predicted octanol–water partition coefficient (Wildman–Crippen LogP) is 3.13. The average Bonchev–Trinajstić information content (AvgIpc) is 2.47. The molecule has 1 saturated heterocycles. The third-order valence-corrected chi connectivity index (χ3v) is 4.55. The van der Waals surface area contributed by atoms with Crippen LogP contribution < -0.4 is 4.74 Å². The van der Waals surface area contributed by atoms with Gasteiger partial charge >= 0.3 is 0 Å². The van der Waals surface area contributed by atoms with Gasteiger partial charge in [0.1, 0.15) is 5.75 Å². The number of halogens is 1. The van der Waals surface area contributed by atoms with Gasteiger partial charge in [0.15, 0.2) is 0 Å². The molecule has 3 nitrogen and oxygen atoms in total. The molecule has 1 aromatic carbocycles. The van der Waals surface area contributed by atoms with Crippen LogP contribution in [0, 0.1) is 16.7 Å². The van der Waals surface area contributed by atoms with Crippen molar-refractivity contribution in [3.05, 3.63) is 29.8 Å². The quantitative estimate of drug-likeness (QED) is 0.802. The molecular formula is C14H16BrNO2. The molecule has 0 bridgehead atoms. The number of rotatable bonds is 4. The van der Waals surface area contributed by atoms with E-state index in [1.165, 1.54) is 0 Å². The van der Waals surface area contributed by atoms with E-state index < -0.39 is 0 Å². The zero-order valence-corrected chi connectivity index (χ0v) is 11.8. The van der Waals surface area contributed by atoms with Crippen LogP contribution in [-0.4, -0.2) is 25.2 Å². The minimum Gasteiger partial charge on any atom is -0.493 e. The summed E-state index contributed by atoms with van der Waals surface area (Å²) >= 11 is 3.59. The van der Waals surface area contributed by atoms with E-state index in [1.807, 2.05) is 12.1 Å². The van der Waals surface area contributed by atoms with Crippen molar-refractivity contribution in [3.8, 4) is 11.8 Å². The molecule has 0 aliphatic carbocycles. The van der Waals surface area contributed by atoms with Gasteiger partial charge in [0.25, 0.3) is 0 Å².